The van der Waals surface area contributed by atoms with Crippen molar-refractivity contribution in [3.05, 3.63) is 71.7 Å². The molecular weight excluding hydrogens is 206 g/mol. The van der Waals surface area contributed by atoms with Crippen LogP contribution >= 0.6 is 0 Å². The van der Waals surface area contributed by atoms with Crippen LogP contribution in [-0.2, 0) is 0 Å². The molecule has 0 bridgehead atoms. The van der Waals surface area contributed by atoms with Gasteiger partial charge in [-0.25, -0.2) is 0 Å². The molecule has 1 heteroatoms. The second kappa shape index (κ2) is 7.50. The quantitative estimate of drug-likeness (QED) is 0.702. The highest BCUT2D eigenvalue weighted by atomic mass is 14.9. The summed E-state index contributed by atoms with van der Waals surface area (Å²) in [4.78, 5) is 0. The van der Waals surface area contributed by atoms with E-state index in [2.05, 4.69) is 53.9 Å². The van der Waals surface area contributed by atoms with Gasteiger partial charge in [0.05, 0.1) is 0 Å². The Morgan fingerprint density at radius 1 is 1.12 bits per heavy atom. The van der Waals surface area contributed by atoms with E-state index in [1.165, 1.54) is 11.3 Å². The van der Waals surface area contributed by atoms with E-state index in [0.29, 0.717) is 0 Å². The van der Waals surface area contributed by atoms with Crippen molar-refractivity contribution in [1.29, 1.82) is 0 Å². The molecule has 1 aliphatic carbocycles. The van der Waals surface area contributed by atoms with Gasteiger partial charge in [-0.2, -0.15) is 0 Å². The summed E-state index contributed by atoms with van der Waals surface area (Å²) in [6, 6.07) is 0. The Morgan fingerprint density at radius 2 is 1.88 bits per heavy atom. The third-order valence-electron chi connectivity index (χ3n) is 2.50. The van der Waals surface area contributed by atoms with Gasteiger partial charge in [-0.3, -0.25) is 0 Å². The fourth-order valence-corrected chi connectivity index (χ4v) is 1.65. The van der Waals surface area contributed by atoms with Gasteiger partial charge >= 0.3 is 0 Å². The van der Waals surface area contributed by atoms with E-state index in [9.17, 15) is 0 Å². The van der Waals surface area contributed by atoms with E-state index < -0.39 is 0 Å². The van der Waals surface area contributed by atoms with Crippen molar-refractivity contribution in [1.82, 2.24) is 5.32 Å². The van der Waals surface area contributed by atoms with Gasteiger partial charge in [-0.15, -0.1) is 0 Å². The van der Waals surface area contributed by atoms with E-state index >= 15 is 0 Å². The highest BCUT2D eigenvalue weighted by Crippen LogP contribution is 2.16. The minimum Gasteiger partial charge on any atom is -0.356 e. The SMILES string of the molecule is C/C=C\C(NC(/C=C\C)=C/C)=C1\C=CC=CC1. The molecule has 0 aromatic rings. The van der Waals surface area contributed by atoms with Crippen LogP contribution in [0.4, 0.5) is 0 Å². The van der Waals surface area contributed by atoms with Crippen molar-refractivity contribution in [2.75, 3.05) is 0 Å². The molecule has 0 aromatic carbocycles. The molecule has 1 rings (SSSR count). The first-order valence-electron chi connectivity index (χ1n) is 6.07. The third-order valence-corrected chi connectivity index (χ3v) is 2.50. The summed E-state index contributed by atoms with van der Waals surface area (Å²) in [5.41, 5.74) is 3.60. The first-order chi connectivity index (χ1) is 8.31. The molecule has 90 valence electrons. The summed E-state index contributed by atoms with van der Waals surface area (Å²) in [7, 11) is 0. The Hall–Kier alpha value is -1.76. The minimum atomic E-state index is 0.982. The molecule has 0 fully saturated rings. The highest BCUT2D eigenvalue weighted by molar-refractivity contribution is 5.40. The molecule has 0 spiro atoms. The van der Waals surface area contributed by atoms with Crippen LogP contribution in [0.15, 0.2) is 71.7 Å². The van der Waals surface area contributed by atoms with Crippen molar-refractivity contribution in [3.8, 4) is 0 Å². The zero-order chi connectivity index (χ0) is 12.5. The number of hydrogen-bond acceptors (Lipinski definition) is 1. The van der Waals surface area contributed by atoms with Crippen LogP contribution in [0.5, 0.6) is 0 Å². The fourth-order valence-electron chi connectivity index (χ4n) is 1.65. The van der Waals surface area contributed by atoms with Crippen LogP contribution in [-0.4, -0.2) is 0 Å². The number of rotatable bonds is 4. The predicted molar refractivity (Wildman–Crippen MR) is 76.4 cm³/mol. The average molecular weight is 227 g/mol. The summed E-state index contributed by atoms with van der Waals surface area (Å²) in [6.07, 6.45) is 19.8. The Morgan fingerprint density at radius 3 is 2.41 bits per heavy atom. The van der Waals surface area contributed by atoms with Gasteiger partial charge in [-0.1, -0.05) is 42.5 Å². The van der Waals surface area contributed by atoms with Crippen LogP contribution in [0.3, 0.4) is 0 Å². The monoisotopic (exact) mass is 227 g/mol. The van der Waals surface area contributed by atoms with Gasteiger partial charge in [0.25, 0.3) is 0 Å². The lowest BCUT2D eigenvalue weighted by Gasteiger charge is -2.13. The predicted octanol–water partition coefficient (Wildman–Crippen LogP) is 4.40. The van der Waals surface area contributed by atoms with Gasteiger partial charge in [0.2, 0.25) is 0 Å². The molecule has 0 heterocycles. The number of allylic oxidation sites excluding steroid dienone is 10. The highest BCUT2D eigenvalue weighted by Gasteiger charge is 2.02. The minimum absolute atomic E-state index is 0.982. The zero-order valence-corrected chi connectivity index (χ0v) is 10.9. The molecule has 1 aliphatic rings. The van der Waals surface area contributed by atoms with Crippen molar-refractivity contribution in [2.24, 2.45) is 0 Å². The zero-order valence-electron chi connectivity index (χ0n) is 10.9. The first kappa shape index (κ1) is 13.3. The molecule has 1 nitrogen and oxygen atoms in total. The van der Waals surface area contributed by atoms with Crippen LogP contribution in [0.2, 0.25) is 0 Å². The van der Waals surface area contributed by atoms with Crippen molar-refractivity contribution in [2.45, 2.75) is 27.2 Å². The van der Waals surface area contributed by atoms with Crippen LogP contribution in [0.25, 0.3) is 0 Å². The lowest BCUT2D eigenvalue weighted by atomic mass is 10.0. The maximum atomic E-state index is 3.46. The summed E-state index contributed by atoms with van der Waals surface area (Å²) in [5, 5.41) is 3.46. The van der Waals surface area contributed by atoms with Crippen molar-refractivity contribution < 1.29 is 0 Å². The summed E-state index contributed by atoms with van der Waals surface area (Å²) < 4.78 is 0. The lowest BCUT2D eigenvalue weighted by Crippen LogP contribution is -2.12. The molecule has 0 saturated heterocycles. The molecule has 0 radical (unpaired) electrons. The Labute approximate surface area is 105 Å². The number of hydrogen-bond donors (Lipinski definition) is 1. The largest absolute Gasteiger partial charge is 0.356 e. The van der Waals surface area contributed by atoms with Crippen LogP contribution in [0.1, 0.15) is 27.2 Å². The van der Waals surface area contributed by atoms with Gasteiger partial charge in [0.15, 0.2) is 0 Å². The van der Waals surface area contributed by atoms with Gasteiger partial charge in [0, 0.05) is 11.4 Å². The lowest BCUT2D eigenvalue weighted by molar-refractivity contribution is 0.999. The van der Waals surface area contributed by atoms with Crippen molar-refractivity contribution >= 4 is 0 Å². The molecule has 17 heavy (non-hydrogen) atoms. The Balaban J connectivity index is 2.94. The molecule has 0 aromatic heterocycles. The summed E-state index contributed by atoms with van der Waals surface area (Å²) in [6.45, 7) is 6.10. The van der Waals surface area contributed by atoms with E-state index in [1.807, 2.05) is 26.8 Å². The Kier molecular flexibility index (Phi) is 5.87. The maximum Gasteiger partial charge on any atom is 0.0416 e. The summed E-state index contributed by atoms with van der Waals surface area (Å²) >= 11 is 0. The Bertz CT molecular complexity index is 415. The molecule has 0 aliphatic heterocycles. The molecule has 0 amide bonds. The molecular formula is C16H21N. The maximum absolute atomic E-state index is 3.46. The van der Waals surface area contributed by atoms with Gasteiger partial charge in [-0.05, 0) is 44.9 Å². The normalized spacial score (nSPS) is 19.4. The van der Waals surface area contributed by atoms with E-state index in [0.717, 1.165) is 12.1 Å². The number of nitrogens with one attached hydrogen (secondary N) is 1. The second-order valence-corrected chi connectivity index (χ2v) is 3.80. The van der Waals surface area contributed by atoms with Crippen molar-refractivity contribution in [3.63, 3.8) is 0 Å². The van der Waals surface area contributed by atoms with Gasteiger partial charge < -0.3 is 5.32 Å². The van der Waals surface area contributed by atoms with Gasteiger partial charge in [0.1, 0.15) is 0 Å². The second-order valence-electron chi connectivity index (χ2n) is 3.80. The first-order valence-corrected chi connectivity index (χ1v) is 6.07. The summed E-state index contributed by atoms with van der Waals surface area (Å²) in [5.74, 6) is 0. The smallest absolute Gasteiger partial charge is 0.0416 e. The van der Waals surface area contributed by atoms with E-state index in [4.69, 9.17) is 0 Å². The van der Waals surface area contributed by atoms with Crippen LogP contribution < -0.4 is 5.32 Å². The van der Waals surface area contributed by atoms with E-state index in [-0.39, 0.29) is 0 Å². The fraction of sp³-hybridized carbons (Fsp3) is 0.250. The standard InChI is InChI=1S/C16H21N/c1-4-10-15(6-3)17-16(11-5-2)14-12-8-7-9-13-14/h4-12,17H,13H2,1-3H3/b10-4-,11-5-,15-6+,16-14+. The molecule has 0 atom stereocenters. The third kappa shape index (κ3) is 4.31. The van der Waals surface area contributed by atoms with E-state index in [1.54, 1.807) is 0 Å². The topological polar surface area (TPSA) is 12.0 Å². The molecule has 1 N–H and O–H groups in total. The molecule has 0 saturated carbocycles. The average Bonchev–Trinajstić information content (AvgIpc) is 2.38. The molecule has 0 unspecified atom stereocenters. The van der Waals surface area contributed by atoms with Crippen LogP contribution in [0, 0.1) is 0 Å².